The van der Waals surface area contributed by atoms with Crippen LogP contribution in [0.15, 0.2) is 24.3 Å². The van der Waals surface area contributed by atoms with Gasteiger partial charge in [-0.2, -0.15) is 18.6 Å². The average Bonchev–Trinajstić information content (AvgIpc) is 3.22. The van der Waals surface area contributed by atoms with Gasteiger partial charge in [0, 0.05) is 32.3 Å². The van der Waals surface area contributed by atoms with Gasteiger partial charge in [0.1, 0.15) is 24.1 Å². The van der Waals surface area contributed by atoms with Crippen molar-refractivity contribution in [1.29, 1.82) is 0 Å². The van der Waals surface area contributed by atoms with E-state index in [1.807, 2.05) is 0 Å². The number of benzene rings is 1. The number of hydrogen-bond acceptors (Lipinski definition) is 8. The monoisotopic (exact) mass is 494 g/mol. The molecule has 4 rings (SSSR count). The molecular formula is C19H22N6O8S. The highest BCUT2D eigenvalue weighted by atomic mass is 32.3. The van der Waals surface area contributed by atoms with E-state index in [1.54, 1.807) is 19.2 Å². The molecule has 0 aliphatic carbocycles. The molecule has 0 spiro atoms. The summed E-state index contributed by atoms with van der Waals surface area (Å²) < 4.78 is 43.8. The lowest BCUT2D eigenvalue weighted by Crippen LogP contribution is -2.44. The first-order valence-electron chi connectivity index (χ1n) is 9.95. The molecule has 2 aromatic rings. The second-order valence-electron chi connectivity index (χ2n) is 7.96. The zero-order valence-corrected chi connectivity index (χ0v) is 19.2. The fourth-order valence-electron chi connectivity index (χ4n) is 4.12. The Morgan fingerprint density at radius 3 is 2.47 bits per heavy atom. The molecule has 0 radical (unpaired) electrons. The number of nitrogens with zero attached hydrogens (tertiary/aromatic N) is 5. The molecule has 3 N–H and O–H groups in total. The van der Waals surface area contributed by atoms with Crippen molar-refractivity contribution in [2.75, 3.05) is 20.6 Å². The molecule has 1 fully saturated rings. The third kappa shape index (κ3) is 4.04. The highest BCUT2D eigenvalue weighted by Gasteiger charge is 2.55. The molecule has 4 amide bonds. The van der Waals surface area contributed by atoms with Crippen LogP contribution in [0.2, 0.25) is 0 Å². The Labute approximate surface area is 194 Å². The van der Waals surface area contributed by atoms with Crippen molar-refractivity contribution in [3.63, 3.8) is 0 Å². The summed E-state index contributed by atoms with van der Waals surface area (Å²) in [5.74, 6) is -0.619. The number of aromatic nitrogens is 2. The van der Waals surface area contributed by atoms with Gasteiger partial charge in [0.15, 0.2) is 6.04 Å². The summed E-state index contributed by atoms with van der Waals surface area (Å²) in [6.07, 6.45) is 0. The summed E-state index contributed by atoms with van der Waals surface area (Å²) in [6.45, 7) is -0.177. The number of rotatable bonds is 7. The Hall–Kier alpha value is -3.69. The molecule has 1 aromatic heterocycles. The van der Waals surface area contributed by atoms with Crippen LogP contribution in [-0.4, -0.2) is 76.1 Å². The standard InChI is InChI=1S/C19H22N6O8S/c1-22(2)18(27)16-15-14(13-8-24(16)19(28)25(13)33-34(29,30)31)12(21-23(15)3)9-32-11-6-4-10(5-7-11)17(20)26/h4-7,13,16H,8-9H2,1-3H3,(H2,20,26)(H,29,30,31). The smallest absolute Gasteiger partial charge is 0.418 e. The lowest BCUT2D eigenvalue weighted by Gasteiger charge is -2.32. The van der Waals surface area contributed by atoms with Crippen molar-refractivity contribution >= 4 is 28.2 Å². The molecule has 1 aromatic carbocycles. The minimum Gasteiger partial charge on any atom is -0.487 e. The van der Waals surface area contributed by atoms with E-state index in [4.69, 9.17) is 10.5 Å². The summed E-state index contributed by atoms with van der Waals surface area (Å²) in [5.41, 5.74) is 6.61. The van der Waals surface area contributed by atoms with Gasteiger partial charge in [0.2, 0.25) is 5.91 Å². The van der Waals surface area contributed by atoms with Gasteiger partial charge in [0.05, 0.1) is 12.2 Å². The number of likely N-dealkylation sites (N-methyl/N-ethyl adjacent to an activating group) is 1. The number of carbonyl (C=O) groups excluding carboxylic acids is 3. The van der Waals surface area contributed by atoms with E-state index in [1.165, 1.54) is 35.8 Å². The second kappa shape index (κ2) is 8.27. The van der Waals surface area contributed by atoms with Crippen LogP contribution in [0, 0.1) is 0 Å². The first-order valence-corrected chi connectivity index (χ1v) is 11.3. The first-order chi connectivity index (χ1) is 15.9. The van der Waals surface area contributed by atoms with E-state index in [2.05, 4.69) is 9.38 Å². The van der Waals surface area contributed by atoms with Crippen LogP contribution < -0.4 is 10.5 Å². The van der Waals surface area contributed by atoms with Crippen molar-refractivity contribution in [1.82, 2.24) is 24.6 Å². The number of nitrogens with two attached hydrogens (primary N) is 1. The van der Waals surface area contributed by atoms with Crippen molar-refractivity contribution in [2.24, 2.45) is 12.8 Å². The molecule has 1 saturated heterocycles. The van der Waals surface area contributed by atoms with E-state index in [-0.39, 0.29) is 13.2 Å². The van der Waals surface area contributed by atoms with Crippen LogP contribution >= 0.6 is 0 Å². The number of ether oxygens (including phenoxy) is 1. The van der Waals surface area contributed by atoms with Crippen LogP contribution in [0.4, 0.5) is 4.79 Å². The summed E-state index contributed by atoms with van der Waals surface area (Å²) in [4.78, 5) is 39.7. The van der Waals surface area contributed by atoms with Gasteiger partial charge >= 0.3 is 16.4 Å². The largest absolute Gasteiger partial charge is 0.487 e. The molecule has 3 heterocycles. The number of primary amides is 1. The number of hydrogen-bond donors (Lipinski definition) is 2. The Morgan fingerprint density at radius 2 is 1.91 bits per heavy atom. The third-order valence-corrected chi connectivity index (χ3v) is 5.91. The Morgan fingerprint density at radius 1 is 1.26 bits per heavy atom. The number of fused-ring (bicyclic) bond motifs is 4. The molecule has 34 heavy (non-hydrogen) atoms. The molecule has 2 unspecified atom stereocenters. The summed E-state index contributed by atoms with van der Waals surface area (Å²) in [6, 6.07) is 3.11. The van der Waals surface area contributed by atoms with Crippen LogP contribution in [0.1, 0.15) is 39.4 Å². The molecular weight excluding hydrogens is 472 g/mol. The number of hydroxylamine groups is 2. The molecule has 2 aliphatic heterocycles. The topological polar surface area (TPSA) is 178 Å². The lowest BCUT2D eigenvalue weighted by atomic mass is 9.94. The summed E-state index contributed by atoms with van der Waals surface area (Å²) in [5, 5.41) is 4.95. The molecule has 2 bridgehead atoms. The number of carbonyl (C=O) groups is 3. The normalized spacial score (nSPS) is 19.2. The van der Waals surface area contributed by atoms with Crippen molar-refractivity contribution < 1.29 is 36.4 Å². The Balaban J connectivity index is 1.73. The maximum atomic E-state index is 13.0. The number of aryl methyl sites for hydroxylation is 1. The van der Waals surface area contributed by atoms with E-state index in [0.717, 1.165) is 4.90 Å². The Kier molecular flexibility index (Phi) is 5.71. The van der Waals surface area contributed by atoms with Crippen LogP contribution in [-0.2, 0) is 33.1 Å². The van der Waals surface area contributed by atoms with Gasteiger partial charge in [-0.3, -0.25) is 18.8 Å². The molecule has 0 saturated carbocycles. The third-order valence-electron chi connectivity index (χ3n) is 5.56. The minimum absolute atomic E-state index is 0.0718. The van der Waals surface area contributed by atoms with Gasteiger partial charge in [-0.25, -0.2) is 4.79 Å². The average molecular weight is 494 g/mol. The zero-order chi connectivity index (χ0) is 24.9. The lowest BCUT2D eigenvalue weighted by molar-refractivity contribution is -0.134. The zero-order valence-electron chi connectivity index (χ0n) is 18.4. The number of urea groups is 1. The van der Waals surface area contributed by atoms with Gasteiger partial charge in [-0.15, -0.1) is 4.28 Å². The van der Waals surface area contributed by atoms with Gasteiger partial charge in [-0.05, 0) is 24.3 Å². The van der Waals surface area contributed by atoms with E-state index < -0.39 is 40.3 Å². The van der Waals surface area contributed by atoms with Gasteiger partial charge < -0.3 is 20.3 Å². The highest BCUT2D eigenvalue weighted by Crippen LogP contribution is 2.46. The van der Waals surface area contributed by atoms with E-state index >= 15 is 0 Å². The molecule has 14 nitrogen and oxygen atoms in total. The predicted molar refractivity (Wildman–Crippen MR) is 113 cm³/mol. The number of amides is 4. The fraction of sp³-hybridized carbons (Fsp3) is 0.368. The maximum Gasteiger partial charge on any atom is 0.418 e. The van der Waals surface area contributed by atoms with Crippen molar-refractivity contribution in [2.45, 2.75) is 18.7 Å². The minimum atomic E-state index is -5.02. The molecule has 2 aliphatic rings. The van der Waals surface area contributed by atoms with Crippen molar-refractivity contribution in [3.05, 3.63) is 46.8 Å². The molecule has 182 valence electrons. The maximum absolute atomic E-state index is 13.0. The highest BCUT2D eigenvalue weighted by molar-refractivity contribution is 7.80. The molecule has 2 atom stereocenters. The Bertz CT molecular complexity index is 1270. The van der Waals surface area contributed by atoms with Crippen LogP contribution in [0.5, 0.6) is 5.75 Å². The quantitative estimate of drug-likeness (QED) is 0.491. The van der Waals surface area contributed by atoms with E-state index in [9.17, 15) is 27.4 Å². The summed E-state index contributed by atoms with van der Waals surface area (Å²) >= 11 is 0. The first kappa shape index (κ1) is 23.5. The SMILES string of the molecule is CN(C)C(=O)C1c2c(c(COc3ccc(C(N)=O)cc3)nn2C)C2CN1C(=O)N2OS(=O)(=O)O. The van der Waals surface area contributed by atoms with E-state index in [0.29, 0.717) is 33.3 Å². The van der Waals surface area contributed by atoms with Crippen molar-refractivity contribution in [3.8, 4) is 5.75 Å². The van der Waals surface area contributed by atoms with Gasteiger partial charge in [-0.1, -0.05) is 0 Å². The van der Waals surface area contributed by atoms with Crippen LogP contribution in [0.25, 0.3) is 0 Å². The molecule has 15 heteroatoms. The summed E-state index contributed by atoms with van der Waals surface area (Å²) in [7, 11) is -0.384. The second-order valence-corrected chi connectivity index (χ2v) is 8.97. The van der Waals surface area contributed by atoms with Gasteiger partial charge in [0.25, 0.3) is 5.91 Å². The fourth-order valence-corrected chi connectivity index (χ4v) is 4.49. The van der Waals surface area contributed by atoms with Crippen LogP contribution in [0.3, 0.4) is 0 Å². The predicted octanol–water partition coefficient (Wildman–Crippen LogP) is -0.246.